The van der Waals surface area contributed by atoms with Gasteiger partial charge in [-0.3, -0.25) is 0 Å². The number of hydrogen-bond donors (Lipinski definition) is 3. The van der Waals surface area contributed by atoms with E-state index in [9.17, 15) is 5.11 Å². The third kappa shape index (κ3) is 4.67. The number of rotatable bonds is 7. The molecule has 1 aromatic heterocycles. The van der Waals surface area contributed by atoms with Crippen molar-refractivity contribution < 1.29 is 5.11 Å². The van der Waals surface area contributed by atoms with Crippen LogP contribution in [-0.4, -0.2) is 33.8 Å². The standard InChI is InChI=1S/C14H26N4O/c1-6-8-14(5,19)9-16-13-10(3)12(15-7-2)17-11(4)18-13/h19H,6-9H2,1-5H3,(H2,15,16,17,18). The third-order valence-electron chi connectivity index (χ3n) is 3.03. The highest BCUT2D eigenvalue weighted by atomic mass is 16.3. The molecule has 5 heteroatoms. The smallest absolute Gasteiger partial charge is 0.134 e. The number of hydrogen-bond acceptors (Lipinski definition) is 5. The van der Waals surface area contributed by atoms with Crippen LogP contribution in [0.15, 0.2) is 0 Å². The van der Waals surface area contributed by atoms with Crippen LogP contribution in [-0.2, 0) is 0 Å². The monoisotopic (exact) mass is 266 g/mol. The summed E-state index contributed by atoms with van der Waals surface area (Å²) in [5.74, 6) is 2.37. The van der Waals surface area contributed by atoms with E-state index in [-0.39, 0.29) is 0 Å². The molecule has 0 aliphatic heterocycles. The fraction of sp³-hybridized carbons (Fsp3) is 0.714. The van der Waals surface area contributed by atoms with E-state index < -0.39 is 5.60 Å². The van der Waals surface area contributed by atoms with Crippen LogP contribution >= 0.6 is 0 Å². The van der Waals surface area contributed by atoms with Crippen molar-refractivity contribution in [2.45, 2.75) is 53.1 Å². The minimum atomic E-state index is -0.710. The zero-order chi connectivity index (χ0) is 14.5. The molecule has 0 saturated heterocycles. The van der Waals surface area contributed by atoms with Gasteiger partial charge >= 0.3 is 0 Å². The summed E-state index contributed by atoms with van der Waals surface area (Å²) in [6.07, 6.45) is 1.72. The Morgan fingerprint density at radius 2 is 1.68 bits per heavy atom. The summed E-state index contributed by atoms with van der Waals surface area (Å²) in [6.45, 7) is 11.1. The molecule has 0 aliphatic carbocycles. The first kappa shape index (κ1) is 15.7. The molecule has 3 N–H and O–H groups in total. The number of aliphatic hydroxyl groups is 1. The molecule has 0 aliphatic rings. The van der Waals surface area contributed by atoms with Gasteiger partial charge in [0.2, 0.25) is 0 Å². The van der Waals surface area contributed by atoms with Gasteiger partial charge in [0.25, 0.3) is 0 Å². The lowest BCUT2D eigenvalue weighted by Gasteiger charge is -2.24. The van der Waals surface area contributed by atoms with Crippen LogP contribution in [0.3, 0.4) is 0 Å². The first-order valence-corrected chi connectivity index (χ1v) is 6.95. The van der Waals surface area contributed by atoms with Crippen LogP contribution in [0.1, 0.15) is 45.0 Å². The van der Waals surface area contributed by atoms with Crippen molar-refractivity contribution in [3.63, 3.8) is 0 Å². The molecule has 5 nitrogen and oxygen atoms in total. The topological polar surface area (TPSA) is 70.1 Å². The maximum Gasteiger partial charge on any atom is 0.134 e. The van der Waals surface area contributed by atoms with Crippen molar-refractivity contribution in [1.29, 1.82) is 0 Å². The fourth-order valence-corrected chi connectivity index (χ4v) is 2.04. The molecule has 0 bridgehead atoms. The van der Waals surface area contributed by atoms with Gasteiger partial charge in [-0.05, 0) is 34.1 Å². The van der Waals surface area contributed by atoms with Crippen LogP contribution in [0, 0.1) is 13.8 Å². The van der Waals surface area contributed by atoms with Gasteiger partial charge in [-0.2, -0.15) is 0 Å². The summed E-state index contributed by atoms with van der Waals surface area (Å²) in [6, 6.07) is 0. The highest BCUT2D eigenvalue weighted by Crippen LogP contribution is 2.21. The molecule has 0 radical (unpaired) electrons. The molecule has 19 heavy (non-hydrogen) atoms. The van der Waals surface area contributed by atoms with Crippen molar-refractivity contribution in [2.24, 2.45) is 0 Å². The van der Waals surface area contributed by atoms with E-state index in [1.54, 1.807) is 0 Å². The Morgan fingerprint density at radius 3 is 2.21 bits per heavy atom. The quantitative estimate of drug-likeness (QED) is 0.707. The predicted octanol–water partition coefficient (Wildman–Crippen LogP) is 2.49. The Labute approximate surface area is 115 Å². The number of aromatic nitrogens is 2. The average molecular weight is 266 g/mol. The van der Waals surface area contributed by atoms with Gasteiger partial charge < -0.3 is 15.7 Å². The van der Waals surface area contributed by atoms with E-state index in [2.05, 4.69) is 27.5 Å². The van der Waals surface area contributed by atoms with E-state index in [0.29, 0.717) is 6.54 Å². The maximum absolute atomic E-state index is 10.2. The Hall–Kier alpha value is -1.36. The van der Waals surface area contributed by atoms with Crippen LogP contribution in [0.5, 0.6) is 0 Å². The van der Waals surface area contributed by atoms with E-state index in [1.807, 2.05) is 27.7 Å². The number of nitrogens with one attached hydrogen (secondary N) is 2. The van der Waals surface area contributed by atoms with Gasteiger partial charge in [0.1, 0.15) is 17.5 Å². The Kier molecular flexibility index (Phi) is 5.54. The van der Waals surface area contributed by atoms with Gasteiger partial charge in [0.15, 0.2) is 0 Å². The Balaban J connectivity index is 2.83. The number of anilines is 2. The van der Waals surface area contributed by atoms with Crippen LogP contribution in [0.4, 0.5) is 11.6 Å². The lowest BCUT2D eigenvalue weighted by Crippen LogP contribution is -2.33. The highest BCUT2D eigenvalue weighted by molar-refractivity contribution is 5.57. The zero-order valence-electron chi connectivity index (χ0n) is 12.7. The van der Waals surface area contributed by atoms with E-state index in [0.717, 1.165) is 42.4 Å². The molecule has 0 spiro atoms. The molecule has 1 heterocycles. The third-order valence-corrected chi connectivity index (χ3v) is 3.03. The second-order valence-corrected chi connectivity index (χ2v) is 5.22. The SMILES string of the molecule is CCCC(C)(O)CNc1nc(C)nc(NCC)c1C. The molecular formula is C14H26N4O. The normalized spacial score (nSPS) is 14.0. The molecule has 0 saturated carbocycles. The minimum absolute atomic E-state index is 0.490. The highest BCUT2D eigenvalue weighted by Gasteiger charge is 2.19. The average Bonchev–Trinajstić information content (AvgIpc) is 2.32. The molecule has 0 fully saturated rings. The number of nitrogens with zero attached hydrogens (tertiary/aromatic N) is 2. The summed E-state index contributed by atoms with van der Waals surface area (Å²) in [4.78, 5) is 8.78. The second kappa shape index (κ2) is 6.70. The molecule has 1 unspecified atom stereocenters. The van der Waals surface area contributed by atoms with Crippen molar-refractivity contribution in [2.75, 3.05) is 23.7 Å². The van der Waals surface area contributed by atoms with Crippen molar-refractivity contribution >= 4 is 11.6 Å². The molecule has 1 atom stereocenters. The molecule has 108 valence electrons. The van der Waals surface area contributed by atoms with E-state index in [4.69, 9.17) is 0 Å². The first-order chi connectivity index (χ1) is 8.89. The summed E-state index contributed by atoms with van der Waals surface area (Å²) < 4.78 is 0. The van der Waals surface area contributed by atoms with Crippen molar-refractivity contribution in [1.82, 2.24) is 9.97 Å². The van der Waals surface area contributed by atoms with Gasteiger partial charge in [-0.25, -0.2) is 9.97 Å². The summed E-state index contributed by atoms with van der Waals surface area (Å²) in [7, 11) is 0. The summed E-state index contributed by atoms with van der Waals surface area (Å²) in [5.41, 5.74) is 0.276. The molecule has 1 aromatic rings. The van der Waals surface area contributed by atoms with Crippen LogP contribution in [0.2, 0.25) is 0 Å². The number of aryl methyl sites for hydroxylation is 1. The summed E-state index contributed by atoms with van der Waals surface area (Å²) in [5, 5.41) is 16.6. The Morgan fingerprint density at radius 1 is 1.11 bits per heavy atom. The fourth-order valence-electron chi connectivity index (χ4n) is 2.04. The maximum atomic E-state index is 10.2. The zero-order valence-corrected chi connectivity index (χ0v) is 12.7. The van der Waals surface area contributed by atoms with Gasteiger partial charge in [0, 0.05) is 18.7 Å². The Bertz CT molecular complexity index is 418. The molecule has 1 rings (SSSR count). The first-order valence-electron chi connectivity index (χ1n) is 6.95. The van der Waals surface area contributed by atoms with Crippen molar-refractivity contribution in [3.05, 3.63) is 11.4 Å². The summed E-state index contributed by atoms with van der Waals surface area (Å²) >= 11 is 0. The van der Waals surface area contributed by atoms with E-state index >= 15 is 0 Å². The van der Waals surface area contributed by atoms with Gasteiger partial charge in [-0.15, -0.1) is 0 Å². The second-order valence-electron chi connectivity index (χ2n) is 5.22. The van der Waals surface area contributed by atoms with Gasteiger partial charge in [-0.1, -0.05) is 13.3 Å². The molecule has 0 amide bonds. The predicted molar refractivity (Wildman–Crippen MR) is 79.7 cm³/mol. The van der Waals surface area contributed by atoms with Crippen LogP contribution in [0.25, 0.3) is 0 Å². The van der Waals surface area contributed by atoms with Crippen LogP contribution < -0.4 is 10.6 Å². The molecular weight excluding hydrogens is 240 g/mol. The minimum Gasteiger partial charge on any atom is -0.388 e. The lowest BCUT2D eigenvalue weighted by molar-refractivity contribution is 0.0636. The largest absolute Gasteiger partial charge is 0.388 e. The molecule has 0 aromatic carbocycles. The van der Waals surface area contributed by atoms with Crippen molar-refractivity contribution in [3.8, 4) is 0 Å². The lowest BCUT2D eigenvalue weighted by atomic mass is 10.0. The van der Waals surface area contributed by atoms with E-state index in [1.165, 1.54) is 0 Å². The van der Waals surface area contributed by atoms with Gasteiger partial charge in [0.05, 0.1) is 5.60 Å².